The summed E-state index contributed by atoms with van der Waals surface area (Å²) in [7, 11) is 0. The molecule has 138 valence electrons. The molecule has 2 aromatic carbocycles. The van der Waals surface area contributed by atoms with Gasteiger partial charge in [-0.15, -0.1) is 0 Å². The van der Waals surface area contributed by atoms with Crippen LogP contribution in [-0.4, -0.2) is 26.9 Å². The standard InChI is InChI=1S/C21H19FN2O2S/c1-14-11-19(20(25)26-14)27-21-23-12-18(16-7-9-17(22)10-8-16)24(21)13-15-5-3-2-4-6-15/h2-10,12,14,19H,11,13H2,1H3/t14-,19+/m0/s1. The van der Waals surface area contributed by atoms with Gasteiger partial charge in [0.1, 0.15) is 17.2 Å². The molecule has 0 unspecified atom stereocenters. The van der Waals surface area contributed by atoms with E-state index in [1.54, 1.807) is 18.3 Å². The highest BCUT2D eigenvalue weighted by Gasteiger charge is 2.34. The van der Waals surface area contributed by atoms with Crippen molar-refractivity contribution in [3.05, 3.63) is 72.2 Å². The largest absolute Gasteiger partial charge is 0.462 e. The number of halogens is 1. The number of hydrogen-bond donors (Lipinski definition) is 0. The molecule has 3 aromatic rings. The highest BCUT2D eigenvalue weighted by molar-refractivity contribution is 8.00. The number of imidazole rings is 1. The minimum atomic E-state index is -0.273. The zero-order valence-electron chi connectivity index (χ0n) is 14.8. The maximum atomic E-state index is 13.3. The predicted octanol–water partition coefficient (Wildman–Crippen LogP) is 4.53. The number of benzene rings is 2. The fourth-order valence-corrected chi connectivity index (χ4v) is 4.34. The van der Waals surface area contributed by atoms with Crippen molar-refractivity contribution in [3.63, 3.8) is 0 Å². The maximum Gasteiger partial charge on any atom is 0.319 e. The molecule has 0 radical (unpaired) electrons. The van der Waals surface area contributed by atoms with Gasteiger partial charge in [-0.2, -0.15) is 0 Å². The van der Waals surface area contributed by atoms with Gasteiger partial charge >= 0.3 is 5.97 Å². The van der Waals surface area contributed by atoms with Crippen LogP contribution in [0.25, 0.3) is 11.3 Å². The Kier molecular flexibility index (Phi) is 4.99. The number of thioether (sulfide) groups is 1. The van der Waals surface area contributed by atoms with Gasteiger partial charge in [0.15, 0.2) is 5.16 Å². The van der Waals surface area contributed by atoms with Crippen LogP contribution in [0.3, 0.4) is 0 Å². The van der Waals surface area contributed by atoms with Gasteiger partial charge < -0.3 is 9.30 Å². The average Bonchev–Trinajstić information content (AvgIpc) is 3.20. The highest BCUT2D eigenvalue weighted by atomic mass is 32.2. The first-order chi connectivity index (χ1) is 13.1. The van der Waals surface area contributed by atoms with Gasteiger partial charge in [0.2, 0.25) is 0 Å². The Morgan fingerprint density at radius 2 is 1.93 bits per heavy atom. The molecule has 4 nitrogen and oxygen atoms in total. The molecule has 2 atom stereocenters. The van der Waals surface area contributed by atoms with Gasteiger partial charge in [-0.25, -0.2) is 9.37 Å². The van der Waals surface area contributed by atoms with Crippen LogP contribution in [0.15, 0.2) is 66.0 Å². The summed E-state index contributed by atoms with van der Waals surface area (Å²) in [6.07, 6.45) is 2.39. The van der Waals surface area contributed by atoms with Crippen molar-refractivity contribution >= 4 is 17.7 Å². The van der Waals surface area contributed by atoms with Crippen LogP contribution in [0.2, 0.25) is 0 Å². The summed E-state index contributed by atoms with van der Waals surface area (Å²) in [4.78, 5) is 16.6. The van der Waals surface area contributed by atoms with E-state index in [4.69, 9.17) is 4.74 Å². The summed E-state index contributed by atoms with van der Waals surface area (Å²) < 4.78 is 20.7. The number of carbonyl (C=O) groups excluding carboxylic acids is 1. The number of cyclic esters (lactones) is 1. The Hall–Kier alpha value is -2.60. The monoisotopic (exact) mass is 382 g/mol. The number of nitrogens with zero attached hydrogens (tertiary/aromatic N) is 2. The zero-order chi connectivity index (χ0) is 18.8. The molecule has 1 aliphatic rings. The lowest BCUT2D eigenvalue weighted by molar-refractivity contribution is -0.140. The molecule has 1 aromatic heterocycles. The molecular weight excluding hydrogens is 363 g/mol. The van der Waals surface area contributed by atoms with Gasteiger partial charge in [-0.3, -0.25) is 4.79 Å². The fraction of sp³-hybridized carbons (Fsp3) is 0.238. The molecule has 0 saturated carbocycles. The lowest BCUT2D eigenvalue weighted by Gasteiger charge is -2.13. The lowest BCUT2D eigenvalue weighted by Crippen LogP contribution is -2.12. The van der Waals surface area contributed by atoms with Crippen LogP contribution in [-0.2, 0) is 16.1 Å². The molecule has 0 N–H and O–H groups in total. The Balaban J connectivity index is 1.70. The number of esters is 1. The first-order valence-electron chi connectivity index (χ1n) is 8.82. The van der Waals surface area contributed by atoms with Crippen molar-refractivity contribution in [3.8, 4) is 11.3 Å². The Bertz CT molecular complexity index is 941. The predicted molar refractivity (Wildman–Crippen MR) is 103 cm³/mol. The van der Waals surface area contributed by atoms with Crippen LogP contribution < -0.4 is 0 Å². The van der Waals surface area contributed by atoms with E-state index >= 15 is 0 Å². The molecule has 1 saturated heterocycles. The van der Waals surface area contributed by atoms with Crippen molar-refractivity contribution in [2.45, 2.75) is 36.4 Å². The number of hydrogen-bond acceptors (Lipinski definition) is 4. The molecule has 1 aliphatic heterocycles. The third-order valence-corrected chi connectivity index (χ3v) is 5.72. The fourth-order valence-electron chi connectivity index (χ4n) is 3.17. The summed E-state index contributed by atoms with van der Waals surface area (Å²) in [5.74, 6) is -0.463. The van der Waals surface area contributed by atoms with Crippen LogP contribution in [0.1, 0.15) is 18.9 Å². The van der Waals surface area contributed by atoms with Crippen molar-refractivity contribution in [2.75, 3.05) is 0 Å². The number of rotatable bonds is 5. The quantitative estimate of drug-likeness (QED) is 0.608. The molecule has 0 bridgehead atoms. The summed E-state index contributed by atoms with van der Waals surface area (Å²) in [6, 6.07) is 16.4. The van der Waals surface area contributed by atoms with Crippen molar-refractivity contribution in [2.24, 2.45) is 0 Å². The van der Waals surface area contributed by atoms with Crippen LogP contribution in [0.4, 0.5) is 4.39 Å². The second-order valence-electron chi connectivity index (χ2n) is 6.59. The van der Waals surface area contributed by atoms with Crippen LogP contribution >= 0.6 is 11.8 Å². The summed E-state index contributed by atoms with van der Waals surface area (Å²) in [5, 5.41) is 0.507. The van der Waals surface area contributed by atoms with Crippen molar-refractivity contribution in [1.29, 1.82) is 0 Å². The Morgan fingerprint density at radius 1 is 1.19 bits per heavy atom. The molecule has 0 aliphatic carbocycles. The molecule has 27 heavy (non-hydrogen) atoms. The van der Waals surface area contributed by atoms with E-state index in [-0.39, 0.29) is 23.1 Å². The van der Waals surface area contributed by atoms with Gasteiger partial charge in [0, 0.05) is 6.42 Å². The number of carbonyl (C=O) groups is 1. The maximum absolute atomic E-state index is 13.3. The molecule has 6 heteroatoms. The molecular formula is C21H19FN2O2S. The van der Waals surface area contributed by atoms with E-state index in [2.05, 4.69) is 21.7 Å². The Morgan fingerprint density at radius 3 is 2.59 bits per heavy atom. The summed E-state index contributed by atoms with van der Waals surface area (Å²) in [6.45, 7) is 2.52. The lowest BCUT2D eigenvalue weighted by atomic mass is 10.1. The van der Waals surface area contributed by atoms with E-state index in [0.29, 0.717) is 13.0 Å². The van der Waals surface area contributed by atoms with E-state index in [1.165, 1.54) is 23.9 Å². The molecule has 0 spiro atoms. The normalized spacial score (nSPS) is 19.3. The smallest absolute Gasteiger partial charge is 0.319 e. The zero-order valence-corrected chi connectivity index (χ0v) is 15.7. The topological polar surface area (TPSA) is 44.1 Å². The van der Waals surface area contributed by atoms with Gasteiger partial charge in [0.25, 0.3) is 0 Å². The molecule has 4 rings (SSSR count). The van der Waals surface area contributed by atoms with Gasteiger partial charge in [0.05, 0.1) is 18.4 Å². The number of ether oxygens (including phenoxy) is 1. The minimum Gasteiger partial charge on any atom is -0.462 e. The van der Waals surface area contributed by atoms with Crippen molar-refractivity contribution < 1.29 is 13.9 Å². The second-order valence-corrected chi connectivity index (χ2v) is 7.76. The number of aromatic nitrogens is 2. The molecule has 1 fully saturated rings. The molecule has 2 heterocycles. The van der Waals surface area contributed by atoms with E-state index in [1.807, 2.05) is 25.1 Å². The molecule has 0 amide bonds. The van der Waals surface area contributed by atoms with Gasteiger partial charge in [-0.1, -0.05) is 42.1 Å². The Labute approximate surface area is 161 Å². The SMILES string of the molecule is C[C@H]1C[C@@H](Sc2ncc(-c3ccc(F)cc3)n2Cc2ccccc2)C(=O)O1. The first-order valence-corrected chi connectivity index (χ1v) is 9.70. The average molecular weight is 382 g/mol. The third-order valence-electron chi connectivity index (χ3n) is 4.52. The minimum absolute atomic E-state index is 0.0656. The second kappa shape index (κ2) is 7.56. The first kappa shape index (κ1) is 17.8. The third kappa shape index (κ3) is 3.90. The summed E-state index contributed by atoms with van der Waals surface area (Å²) >= 11 is 1.43. The summed E-state index contributed by atoms with van der Waals surface area (Å²) in [5.41, 5.74) is 2.90. The van der Waals surface area contributed by atoms with E-state index in [0.717, 1.165) is 22.0 Å². The van der Waals surface area contributed by atoms with Crippen LogP contribution in [0.5, 0.6) is 0 Å². The highest BCUT2D eigenvalue weighted by Crippen LogP contribution is 2.34. The van der Waals surface area contributed by atoms with Crippen molar-refractivity contribution in [1.82, 2.24) is 9.55 Å². The van der Waals surface area contributed by atoms with Gasteiger partial charge in [-0.05, 0) is 42.3 Å². The van der Waals surface area contributed by atoms with E-state index in [9.17, 15) is 9.18 Å². The van der Waals surface area contributed by atoms with Crippen LogP contribution in [0, 0.1) is 5.82 Å². The van der Waals surface area contributed by atoms with E-state index < -0.39 is 0 Å².